The molecule has 0 heterocycles. The van der Waals surface area contributed by atoms with Gasteiger partial charge in [-0.05, 0) is 37.8 Å². The van der Waals surface area contributed by atoms with Gasteiger partial charge in [-0.3, -0.25) is 4.57 Å². The maximum Gasteiger partial charge on any atom is 0.268 e. The Hall–Kier alpha value is -0.850. The van der Waals surface area contributed by atoms with Crippen LogP contribution < -0.4 is 4.89 Å². The third-order valence-corrected chi connectivity index (χ3v) is 7.68. The van der Waals surface area contributed by atoms with Gasteiger partial charge in [0.05, 0.1) is 40.3 Å². The predicted molar refractivity (Wildman–Crippen MR) is 166 cm³/mol. The average molecular weight is 590 g/mol. The number of hydrogen-bond acceptors (Lipinski definition) is 6. The van der Waals surface area contributed by atoms with E-state index in [1.165, 1.54) is 89.9 Å². The predicted octanol–water partition coefficient (Wildman–Crippen LogP) is 8.69. The van der Waals surface area contributed by atoms with Crippen LogP contribution in [0.3, 0.4) is 0 Å². The van der Waals surface area contributed by atoms with E-state index in [4.69, 9.17) is 18.5 Å². The molecule has 0 bridgehead atoms. The zero-order valence-corrected chi connectivity index (χ0v) is 27.7. The highest BCUT2D eigenvalue weighted by Gasteiger charge is 2.17. The fraction of sp³-hybridized carbons (Fsp3) is 0.875. The topological polar surface area (TPSA) is 77.1 Å². The standard InChI is InChI=1S/C32H64NO6P/c1-6-8-10-12-14-16-18-20-22-24-27-36-30-32(31-39-40(34,35)38-29-26-33(3,4)5)37-28-25-23-21-19-17-15-13-11-9-7-2/h24-25,27-28,32H,6-23,26,29-31H2,1-5H3/t32-/m1/s1. The summed E-state index contributed by atoms with van der Waals surface area (Å²) >= 11 is 0. The maximum absolute atomic E-state index is 12.2. The van der Waals surface area contributed by atoms with Gasteiger partial charge in [-0.15, -0.1) is 0 Å². The molecule has 0 rings (SSSR count). The fourth-order valence-corrected chi connectivity index (χ4v) is 4.82. The number of likely N-dealkylation sites (N-methyl/N-ethyl adjacent to an activating group) is 1. The Labute approximate surface area is 247 Å². The molecular weight excluding hydrogens is 525 g/mol. The lowest BCUT2D eigenvalue weighted by Gasteiger charge is -2.28. The summed E-state index contributed by atoms with van der Waals surface area (Å²) in [5.41, 5.74) is 0. The van der Waals surface area contributed by atoms with Crippen LogP contribution >= 0.6 is 7.82 Å². The minimum Gasteiger partial charge on any atom is -0.756 e. The van der Waals surface area contributed by atoms with E-state index in [9.17, 15) is 9.46 Å². The number of phosphoric acid groups is 1. The smallest absolute Gasteiger partial charge is 0.268 e. The lowest BCUT2D eigenvalue weighted by Crippen LogP contribution is -2.37. The summed E-state index contributed by atoms with van der Waals surface area (Å²) in [6, 6.07) is 0. The highest BCUT2D eigenvalue weighted by molar-refractivity contribution is 7.45. The first-order chi connectivity index (χ1) is 19.2. The first kappa shape index (κ1) is 39.1. The van der Waals surface area contributed by atoms with Gasteiger partial charge in [-0.2, -0.15) is 0 Å². The van der Waals surface area contributed by atoms with E-state index in [1.807, 2.05) is 33.3 Å². The van der Waals surface area contributed by atoms with Crippen molar-refractivity contribution >= 4 is 7.82 Å². The molecule has 0 saturated heterocycles. The minimum atomic E-state index is -4.41. The Balaban J connectivity index is 4.36. The van der Waals surface area contributed by atoms with Gasteiger partial charge in [0.25, 0.3) is 7.82 Å². The quantitative estimate of drug-likeness (QED) is 0.0361. The summed E-state index contributed by atoms with van der Waals surface area (Å²) < 4.78 is 34.4. The monoisotopic (exact) mass is 589 g/mol. The highest BCUT2D eigenvalue weighted by Crippen LogP contribution is 2.38. The molecule has 0 radical (unpaired) electrons. The van der Waals surface area contributed by atoms with Crippen LogP contribution in [0.5, 0.6) is 0 Å². The summed E-state index contributed by atoms with van der Waals surface area (Å²) in [5, 5.41) is 0. The summed E-state index contributed by atoms with van der Waals surface area (Å²) in [7, 11) is 1.52. The molecular formula is C32H64NO6P. The second-order valence-electron chi connectivity index (χ2n) is 12.0. The summed E-state index contributed by atoms with van der Waals surface area (Å²) in [6.45, 7) is 5.17. The molecule has 0 spiro atoms. The fourth-order valence-electron chi connectivity index (χ4n) is 4.09. The van der Waals surface area contributed by atoms with Crippen molar-refractivity contribution in [2.24, 2.45) is 0 Å². The van der Waals surface area contributed by atoms with Crippen LogP contribution in [0.2, 0.25) is 0 Å². The normalized spacial score (nSPS) is 14.7. The number of allylic oxidation sites excluding steroid dienone is 2. The molecule has 1 unspecified atom stereocenters. The molecule has 0 aromatic heterocycles. The number of nitrogens with zero attached hydrogens (tertiary/aromatic N) is 1. The molecule has 0 aliphatic rings. The number of phosphoric ester groups is 1. The van der Waals surface area contributed by atoms with E-state index >= 15 is 0 Å². The van der Waals surface area contributed by atoms with Crippen molar-refractivity contribution in [1.29, 1.82) is 0 Å². The largest absolute Gasteiger partial charge is 0.756 e. The molecule has 0 amide bonds. The van der Waals surface area contributed by atoms with Gasteiger partial charge in [0.2, 0.25) is 0 Å². The van der Waals surface area contributed by atoms with Crippen molar-refractivity contribution in [3.63, 3.8) is 0 Å². The third-order valence-electron chi connectivity index (χ3n) is 6.72. The molecule has 0 aromatic rings. The Morgan fingerprint density at radius 2 is 1.15 bits per heavy atom. The second-order valence-corrected chi connectivity index (χ2v) is 13.4. The van der Waals surface area contributed by atoms with Crippen LogP contribution in [0.25, 0.3) is 0 Å². The van der Waals surface area contributed by atoms with Crippen LogP contribution in [-0.2, 0) is 23.1 Å². The van der Waals surface area contributed by atoms with Crippen molar-refractivity contribution in [2.45, 2.75) is 136 Å². The summed E-state index contributed by atoms with van der Waals surface area (Å²) in [6.07, 6.45) is 29.4. The van der Waals surface area contributed by atoms with Crippen LogP contribution in [-0.4, -0.2) is 58.1 Å². The van der Waals surface area contributed by atoms with E-state index < -0.39 is 13.9 Å². The van der Waals surface area contributed by atoms with Crippen molar-refractivity contribution in [3.05, 3.63) is 24.7 Å². The Morgan fingerprint density at radius 3 is 1.65 bits per heavy atom. The molecule has 0 aromatic carbocycles. The number of ether oxygens (including phenoxy) is 2. The third kappa shape index (κ3) is 30.1. The first-order valence-electron chi connectivity index (χ1n) is 16.2. The van der Waals surface area contributed by atoms with Crippen LogP contribution in [0.1, 0.15) is 129 Å². The van der Waals surface area contributed by atoms with E-state index in [0.717, 1.165) is 25.7 Å². The lowest BCUT2D eigenvalue weighted by atomic mass is 10.1. The Kier molecular flexibility index (Phi) is 26.4. The number of hydrogen-bond donors (Lipinski definition) is 0. The van der Waals surface area contributed by atoms with E-state index in [0.29, 0.717) is 11.0 Å². The van der Waals surface area contributed by atoms with Gasteiger partial charge in [-0.1, -0.05) is 104 Å². The van der Waals surface area contributed by atoms with Gasteiger partial charge in [0.1, 0.15) is 19.8 Å². The highest BCUT2D eigenvalue weighted by atomic mass is 31.2. The molecule has 40 heavy (non-hydrogen) atoms. The molecule has 0 aliphatic carbocycles. The van der Waals surface area contributed by atoms with Gasteiger partial charge >= 0.3 is 0 Å². The molecule has 0 saturated carbocycles. The van der Waals surface area contributed by atoms with Crippen LogP contribution in [0, 0.1) is 0 Å². The molecule has 238 valence electrons. The molecule has 2 atom stereocenters. The lowest BCUT2D eigenvalue weighted by molar-refractivity contribution is -0.870. The number of rotatable bonds is 30. The van der Waals surface area contributed by atoms with E-state index in [1.54, 1.807) is 12.5 Å². The maximum atomic E-state index is 12.2. The molecule has 7 nitrogen and oxygen atoms in total. The SMILES string of the molecule is CCCCCCCCCCC=COC[C@H](COP(=O)([O-])OCC[N+](C)(C)C)OC=CCCCCCCCCCC. The first-order valence-corrected chi connectivity index (χ1v) is 17.6. The van der Waals surface area contributed by atoms with E-state index in [-0.39, 0.29) is 19.8 Å². The number of unbranched alkanes of at least 4 members (excludes halogenated alkanes) is 16. The van der Waals surface area contributed by atoms with Gasteiger partial charge in [0.15, 0.2) is 6.10 Å². The summed E-state index contributed by atoms with van der Waals surface area (Å²) in [5.74, 6) is 0. The van der Waals surface area contributed by atoms with Gasteiger partial charge < -0.3 is 27.9 Å². The zero-order chi connectivity index (χ0) is 29.8. The summed E-state index contributed by atoms with van der Waals surface area (Å²) in [4.78, 5) is 12.2. The molecule has 0 fully saturated rings. The van der Waals surface area contributed by atoms with Crippen LogP contribution in [0.4, 0.5) is 0 Å². The zero-order valence-electron chi connectivity index (χ0n) is 26.8. The average Bonchev–Trinajstić information content (AvgIpc) is 2.89. The van der Waals surface area contributed by atoms with Crippen molar-refractivity contribution < 1.29 is 32.5 Å². The van der Waals surface area contributed by atoms with Crippen molar-refractivity contribution in [3.8, 4) is 0 Å². The number of quaternary nitrogens is 1. The molecule has 8 heteroatoms. The van der Waals surface area contributed by atoms with E-state index in [2.05, 4.69) is 13.8 Å². The minimum absolute atomic E-state index is 0.0757. The van der Waals surface area contributed by atoms with Crippen molar-refractivity contribution in [1.82, 2.24) is 0 Å². The Morgan fingerprint density at radius 1 is 0.675 bits per heavy atom. The van der Waals surface area contributed by atoms with Crippen molar-refractivity contribution in [2.75, 3.05) is 47.5 Å². The van der Waals surface area contributed by atoms with Gasteiger partial charge in [0, 0.05) is 0 Å². The van der Waals surface area contributed by atoms with Crippen LogP contribution in [0.15, 0.2) is 24.7 Å². The molecule has 0 aliphatic heterocycles. The Bertz CT molecular complexity index is 650. The molecule has 0 N–H and O–H groups in total. The second kappa shape index (κ2) is 27.0. The van der Waals surface area contributed by atoms with Gasteiger partial charge in [-0.25, -0.2) is 0 Å².